The highest BCUT2D eigenvalue weighted by Gasteiger charge is 2.10. The van der Waals surface area contributed by atoms with E-state index in [1.165, 1.54) is 11.8 Å². The van der Waals surface area contributed by atoms with E-state index in [4.69, 9.17) is 4.42 Å². The van der Waals surface area contributed by atoms with E-state index in [9.17, 15) is 9.59 Å². The van der Waals surface area contributed by atoms with Crippen LogP contribution in [0.25, 0.3) is 22.0 Å². The molecule has 0 saturated carbocycles. The Hall–Kier alpha value is -2.80. The van der Waals surface area contributed by atoms with Crippen LogP contribution in [0.4, 0.5) is 0 Å². The Morgan fingerprint density at radius 1 is 1.08 bits per heavy atom. The van der Waals surface area contributed by atoms with Gasteiger partial charge >= 0.3 is 5.76 Å². The van der Waals surface area contributed by atoms with E-state index in [2.05, 4.69) is 4.98 Å². The van der Waals surface area contributed by atoms with Gasteiger partial charge in [-0.2, -0.15) is 0 Å². The first-order chi connectivity index (χ1) is 12.6. The number of benzene rings is 2. The Balaban J connectivity index is 1.49. The Labute approximate surface area is 153 Å². The standard InChI is InChI=1S/C19H17N3O3S/c1-21-17(23)13-7-2-3-8-14(13)20-18(21)26-12-6-11-22-15-9-4-5-10-16(15)25-19(22)24/h2-5,7-10H,6,11-12H2,1H3. The van der Waals surface area contributed by atoms with Crippen LogP contribution in [0.15, 0.2) is 67.7 Å². The summed E-state index contributed by atoms with van der Waals surface area (Å²) in [6.45, 7) is 0.560. The van der Waals surface area contributed by atoms with Gasteiger partial charge in [0.1, 0.15) is 0 Å². The number of aryl methyl sites for hydroxylation is 1. The van der Waals surface area contributed by atoms with Gasteiger partial charge < -0.3 is 4.42 Å². The molecule has 4 rings (SSSR count). The Morgan fingerprint density at radius 3 is 2.73 bits per heavy atom. The van der Waals surface area contributed by atoms with Crippen molar-refractivity contribution in [3.8, 4) is 0 Å². The predicted octanol–water partition coefficient (Wildman–Crippen LogP) is 3.02. The van der Waals surface area contributed by atoms with E-state index in [1.807, 2.05) is 36.4 Å². The molecule has 0 radical (unpaired) electrons. The maximum Gasteiger partial charge on any atom is 0.419 e. The second-order valence-electron chi connectivity index (χ2n) is 5.97. The molecular formula is C19H17N3O3S. The van der Waals surface area contributed by atoms with Crippen LogP contribution in [0.2, 0.25) is 0 Å². The fourth-order valence-corrected chi connectivity index (χ4v) is 3.83. The second-order valence-corrected chi connectivity index (χ2v) is 7.03. The summed E-state index contributed by atoms with van der Waals surface area (Å²) in [6.07, 6.45) is 0.761. The lowest BCUT2D eigenvalue weighted by atomic mass is 10.2. The maximum absolute atomic E-state index is 12.4. The third kappa shape index (κ3) is 2.94. The minimum Gasteiger partial charge on any atom is -0.408 e. The van der Waals surface area contributed by atoms with Crippen molar-refractivity contribution in [3.63, 3.8) is 0 Å². The van der Waals surface area contributed by atoms with Gasteiger partial charge in [-0.05, 0) is 30.7 Å². The van der Waals surface area contributed by atoms with Gasteiger partial charge in [-0.15, -0.1) is 0 Å². The van der Waals surface area contributed by atoms with Crippen molar-refractivity contribution < 1.29 is 4.42 Å². The third-order valence-corrected chi connectivity index (χ3v) is 5.39. The fraction of sp³-hybridized carbons (Fsp3) is 0.211. The Bertz CT molecular complexity index is 1210. The zero-order valence-corrected chi connectivity index (χ0v) is 15.0. The highest BCUT2D eigenvalue weighted by molar-refractivity contribution is 7.99. The molecule has 7 heteroatoms. The monoisotopic (exact) mass is 367 g/mol. The molecule has 4 aromatic rings. The van der Waals surface area contributed by atoms with E-state index in [1.54, 1.807) is 28.3 Å². The summed E-state index contributed by atoms with van der Waals surface area (Å²) in [5.41, 5.74) is 2.06. The van der Waals surface area contributed by atoms with Crippen molar-refractivity contribution in [2.45, 2.75) is 18.1 Å². The number of para-hydroxylation sites is 3. The highest BCUT2D eigenvalue weighted by atomic mass is 32.2. The molecule has 0 saturated heterocycles. The van der Waals surface area contributed by atoms with E-state index in [0.717, 1.165) is 17.7 Å². The minimum absolute atomic E-state index is 0.0462. The molecule has 0 N–H and O–H groups in total. The zero-order valence-electron chi connectivity index (χ0n) is 14.2. The van der Waals surface area contributed by atoms with Crippen LogP contribution in [0.5, 0.6) is 0 Å². The number of fused-ring (bicyclic) bond motifs is 2. The zero-order chi connectivity index (χ0) is 18.1. The van der Waals surface area contributed by atoms with Crippen LogP contribution in [0, 0.1) is 0 Å². The van der Waals surface area contributed by atoms with Gasteiger partial charge in [0, 0.05) is 19.3 Å². The molecule has 0 amide bonds. The topological polar surface area (TPSA) is 70.0 Å². The summed E-state index contributed by atoms with van der Waals surface area (Å²) >= 11 is 1.52. The van der Waals surface area contributed by atoms with Crippen LogP contribution in [0.3, 0.4) is 0 Å². The number of hydrogen-bond acceptors (Lipinski definition) is 5. The highest BCUT2D eigenvalue weighted by Crippen LogP contribution is 2.18. The summed E-state index contributed by atoms with van der Waals surface area (Å²) in [5.74, 6) is 0.400. The largest absolute Gasteiger partial charge is 0.419 e. The molecule has 0 aliphatic carbocycles. The van der Waals surface area contributed by atoms with Crippen molar-refractivity contribution in [3.05, 3.63) is 69.4 Å². The van der Waals surface area contributed by atoms with Gasteiger partial charge in [0.2, 0.25) is 0 Å². The molecule has 0 bridgehead atoms. The molecule has 26 heavy (non-hydrogen) atoms. The molecule has 132 valence electrons. The molecule has 0 aliphatic rings. The second kappa shape index (κ2) is 6.84. The normalized spacial score (nSPS) is 11.4. The lowest BCUT2D eigenvalue weighted by molar-refractivity contribution is 0.503. The Kier molecular flexibility index (Phi) is 4.38. The van der Waals surface area contributed by atoms with Gasteiger partial charge in [-0.3, -0.25) is 13.9 Å². The van der Waals surface area contributed by atoms with Gasteiger partial charge in [-0.1, -0.05) is 36.0 Å². The van der Waals surface area contributed by atoms with Crippen molar-refractivity contribution in [2.75, 3.05) is 5.75 Å². The van der Waals surface area contributed by atoms with Crippen LogP contribution in [0.1, 0.15) is 6.42 Å². The van der Waals surface area contributed by atoms with Crippen molar-refractivity contribution in [1.29, 1.82) is 0 Å². The molecule has 0 aliphatic heterocycles. The summed E-state index contributed by atoms with van der Waals surface area (Å²) in [4.78, 5) is 29.0. The van der Waals surface area contributed by atoms with Gasteiger partial charge in [0.15, 0.2) is 10.7 Å². The first-order valence-electron chi connectivity index (χ1n) is 8.32. The molecular weight excluding hydrogens is 350 g/mol. The number of rotatable bonds is 5. The number of oxazole rings is 1. The van der Waals surface area contributed by atoms with Gasteiger partial charge in [0.25, 0.3) is 5.56 Å². The van der Waals surface area contributed by atoms with Crippen LogP contribution in [-0.4, -0.2) is 19.9 Å². The molecule has 0 fully saturated rings. The quantitative estimate of drug-likeness (QED) is 0.308. The average molecular weight is 367 g/mol. The van der Waals surface area contributed by atoms with E-state index < -0.39 is 0 Å². The smallest absolute Gasteiger partial charge is 0.408 e. The molecule has 0 spiro atoms. The number of aromatic nitrogens is 3. The predicted molar refractivity (Wildman–Crippen MR) is 103 cm³/mol. The van der Waals surface area contributed by atoms with Crippen molar-refractivity contribution in [1.82, 2.24) is 14.1 Å². The molecule has 2 aromatic carbocycles. The Morgan fingerprint density at radius 2 is 1.85 bits per heavy atom. The molecule has 2 heterocycles. The lowest BCUT2D eigenvalue weighted by Gasteiger charge is -2.08. The molecule has 0 unspecified atom stereocenters. The number of nitrogens with zero attached hydrogens (tertiary/aromatic N) is 3. The van der Waals surface area contributed by atoms with Crippen LogP contribution in [-0.2, 0) is 13.6 Å². The summed E-state index contributed by atoms with van der Waals surface area (Å²) in [5, 5.41) is 1.30. The average Bonchev–Trinajstić information content (AvgIpc) is 2.98. The first kappa shape index (κ1) is 16.7. The third-order valence-electron chi connectivity index (χ3n) is 4.27. The van der Waals surface area contributed by atoms with Crippen LogP contribution < -0.4 is 11.3 Å². The fourth-order valence-electron chi connectivity index (χ4n) is 2.94. The van der Waals surface area contributed by atoms with E-state index >= 15 is 0 Å². The SMILES string of the molecule is Cn1c(SCCCn2c(=O)oc3ccccc32)nc2ccccc2c1=O. The summed E-state index contributed by atoms with van der Waals surface area (Å²) in [6, 6.07) is 14.7. The van der Waals surface area contributed by atoms with Gasteiger partial charge in [0.05, 0.1) is 16.4 Å². The minimum atomic E-state index is -0.340. The molecule has 0 atom stereocenters. The van der Waals surface area contributed by atoms with Gasteiger partial charge in [-0.25, -0.2) is 9.78 Å². The molecule has 2 aromatic heterocycles. The summed E-state index contributed by atoms with van der Waals surface area (Å²) < 4.78 is 8.46. The molecule has 6 nitrogen and oxygen atoms in total. The van der Waals surface area contributed by atoms with Crippen molar-refractivity contribution >= 4 is 33.8 Å². The first-order valence-corrected chi connectivity index (χ1v) is 9.30. The number of hydrogen-bond donors (Lipinski definition) is 0. The van der Waals surface area contributed by atoms with Crippen LogP contribution >= 0.6 is 11.8 Å². The van der Waals surface area contributed by atoms with Crippen molar-refractivity contribution in [2.24, 2.45) is 7.05 Å². The van der Waals surface area contributed by atoms with E-state index in [-0.39, 0.29) is 11.3 Å². The number of thioether (sulfide) groups is 1. The van der Waals surface area contributed by atoms with E-state index in [0.29, 0.717) is 28.2 Å². The maximum atomic E-state index is 12.4. The summed E-state index contributed by atoms with van der Waals surface area (Å²) in [7, 11) is 1.73. The lowest BCUT2D eigenvalue weighted by Crippen LogP contribution is -2.20.